The Hall–Kier alpha value is -3.91. The van der Waals surface area contributed by atoms with E-state index in [1.807, 2.05) is 102 Å². The molecule has 0 atom stereocenters. The van der Waals surface area contributed by atoms with E-state index in [9.17, 15) is 4.79 Å². The Morgan fingerprint density at radius 1 is 0.600 bits per heavy atom. The summed E-state index contributed by atoms with van der Waals surface area (Å²) >= 11 is 0. The summed E-state index contributed by atoms with van der Waals surface area (Å²) in [6.45, 7) is 0. The van der Waals surface area contributed by atoms with Gasteiger partial charge in [-0.15, -0.1) is 0 Å². The molecule has 0 aromatic heterocycles. The Bertz CT molecular complexity index is 1160. The monoisotopic (exact) mass is 387 g/mol. The third-order valence-electron chi connectivity index (χ3n) is 5.50. The van der Waals surface area contributed by atoms with Crippen molar-refractivity contribution in [2.24, 2.45) is 0 Å². The molecule has 1 amide bonds. The van der Waals surface area contributed by atoms with Gasteiger partial charge in [0.05, 0.1) is 11.7 Å². The van der Waals surface area contributed by atoms with Crippen molar-refractivity contribution in [2.45, 2.75) is 6.04 Å². The van der Waals surface area contributed by atoms with Gasteiger partial charge in [-0.25, -0.2) is 0 Å². The Morgan fingerprint density at radius 3 is 1.70 bits per heavy atom. The second-order valence-corrected chi connectivity index (χ2v) is 7.38. The van der Waals surface area contributed by atoms with Crippen LogP contribution in [0.5, 0.6) is 0 Å². The molecule has 0 bridgehead atoms. The second-order valence-electron chi connectivity index (χ2n) is 7.38. The van der Waals surface area contributed by atoms with Crippen molar-refractivity contribution in [3.63, 3.8) is 0 Å². The number of amides is 1. The number of nitrogens with zero attached hydrogens (tertiary/aromatic N) is 1. The number of rotatable bonds is 4. The quantitative estimate of drug-likeness (QED) is 0.373. The highest BCUT2D eigenvalue weighted by molar-refractivity contribution is 6.36. The summed E-state index contributed by atoms with van der Waals surface area (Å²) in [7, 11) is 0. The fourth-order valence-corrected chi connectivity index (χ4v) is 4.14. The lowest BCUT2D eigenvalue weighted by molar-refractivity contribution is -0.113. The van der Waals surface area contributed by atoms with E-state index in [1.54, 1.807) is 0 Å². The maximum atomic E-state index is 13.8. The number of hydrogen-bond donors (Lipinski definition) is 0. The van der Waals surface area contributed by atoms with Gasteiger partial charge in [-0.1, -0.05) is 109 Å². The number of hydrogen-bond acceptors (Lipinski definition) is 1. The minimum absolute atomic E-state index is 0.0257. The number of carbonyl (C=O) groups excluding carboxylic acids is 1. The van der Waals surface area contributed by atoms with Crippen LogP contribution in [0.4, 0.5) is 5.69 Å². The first kappa shape index (κ1) is 18.1. The van der Waals surface area contributed by atoms with E-state index in [0.717, 1.165) is 33.5 Å². The van der Waals surface area contributed by atoms with E-state index in [1.165, 1.54) is 0 Å². The normalized spacial score (nSPS) is 14.4. The molecule has 1 aliphatic rings. The minimum atomic E-state index is -0.192. The fourth-order valence-electron chi connectivity index (χ4n) is 4.14. The van der Waals surface area contributed by atoms with E-state index in [4.69, 9.17) is 0 Å². The molecule has 144 valence electrons. The van der Waals surface area contributed by atoms with E-state index >= 15 is 0 Å². The van der Waals surface area contributed by atoms with E-state index in [-0.39, 0.29) is 11.9 Å². The lowest BCUT2D eigenvalue weighted by atomic mass is 9.97. The van der Waals surface area contributed by atoms with Gasteiger partial charge in [0.25, 0.3) is 5.91 Å². The van der Waals surface area contributed by atoms with E-state index < -0.39 is 0 Å². The Kier molecular flexibility index (Phi) is 4.74. The number of benzene rings is 4. The summed E-state index contributed by atoms with van der Waals surface area (Å²) in [5, 5.41) is 0. The fraction of sp³-hybridized carbons (Fsp3) is 0.0357. The van der Waals surface area contributed by atoms with Crippen molar-refractivity contribution in [2.75, 3.05) is 4.90 Å². The Labute approximate surface area is 176 Å². The maximum absolute atomic E-state index is 13.8. The van der Waals surface area contributed by atoms with Gasteiger partial charge in [0.15, 0.2) is 0 Å². The molecule has 30 heavy (non-hydrogen) atoms. The lowest BCUT2D eigenvalue weighted by Gasteiger charge is -2.29. The average Bonchev–Trinajstić information content (AvgIpc) is 3.08. The van der Waals surface area contributed by atoms with Gasteiger partial charge in [-0.3, -0.25) is 9.69 Å². The molecule has 1 heterocycles. The highest BCUT2D eigenvalue weighted by Crippen LogP contribution is 2.44. The molecular formula is C28H21NO. The molecule has 1 aliphatic heterocycles. The molecule has 2 heteroatoms. The Morgan fingerprint density at radius 2 is 1.10 bits per heavy atom. The molecular weight excluding hydrogens is 366 g/mol. The smallest absolute Gasteiger partial charge is 0.259 e. The molecule has 0 spiro atoms. The summed E-state index contributed by atoms with van der Waals surface area (Å²) in [6.07, 6.45) is 1.99. The minimum Gasteiger partial charge on any atom is -0.296 e. The van der Waals surface area contributed by atoms with Gasteiger partial charge in [-0.2, -0.15) is 0 Å². The Balaban J connectivity index is 1.69. The highest BCUT2D eigenvalue weighted by atomic mass is 16.2. The zero-order valence-corrected chi connectivity index (χ0v) is 16.5. The van der Waals surface area contributed by atoms with Crippen molar-refractivity contribution in [3.8, 4) is 0 Å². The molecule has 4 aromatic carbocycles. The van der Waals surface area contributed by atoms with Gasteiger partial charge in [0, 0.05) is 11.1 Å². The average molecular weight is 387 g/mol. The third kappa shape index (κ3) is 3.23. The first-order valence-corrected chi connectivity index (χ1v) is 10.1. The van der Waals surface area contributed by atoms with Crippen LogP contribution >= 0.6 is 0 Å². The number of anilines is 1. The summed E-state index contributed by atoms with van der Waals surface area (Å²) < 4.78 is 0. The first-order valence-electron chi connectivity index (χ1n) is 10.1. The summed E-state index contributed by atoms with van der Waals surface area (Å²) in [4.78, 5) is 15.8. The van der Waals surface area contributed by atoms with Gasteiger partial charge in [0.1, 0.15) is 0 Å². The maximum Gasteiger partial charge on any atom is 0.259 e. The topological polar surface area (TPSA) is 20.3 Å². The molecule has 0 unspecified atom stereocenters. The van der Waals surface area contributed by atoms with Crippen molar-refractivity contribution >= 4 is 23.2 Å². The van der Waals surface area contributed by atoms with Crippen LogP contribution in [0.25, 0.3) is 11.6 Å². The number of para-hydroxylation sites is 1. The van der Waals surface area contributed by atoms with E-state index in [0.29, 0.717) is 0 Å². The SMILES string of the molecule is O=C1/C(=C\c2ccccc2)c2ccccc2N1C(c1ccccc1)c1ccccc1. The first-order chi connectivity index (χ1) is 14.8. The molecule has 0 radical (unpaired) electrons. The third-order valence-corrected chi connectivity index (χ3v) is 5.50. The molecule has 0 fully saturated rings. The van der Waals surface area contributed by atoms with Crippen LogP contribution in [-0.2, 0) is 4.79 Å². The standard InChI is InChI=1S/C28H21NO/c30-28-25(20-21-12-4-1-5-13-21)24-18-10-11-19-26(24)29(28)27(22-14-6-2-7-15-22)23-16-8-3-9-17-23/h1-20,27H/b25-20-. The number of fused-ring (bicyclic) bond motifs is 1. The van der Waals surface area contributed by atoms with Gasteiger partial charge in [0.2, 0.25) is 0 Å². The van der Waals surface area contributed by atoms with Crippen LogP contribution in [0.3, 0.4) is 0 Å². The summed E-state index contributed by atoms with van der Waals surface area (Å²) in [5.74, 6) is 0.0257. The van der Waals surface area contributed by atoms with Crippen LogP contribution < -0.4 is 4.90 Å². The predicted molar refractivity (Wildman–Crippen MR) is 123 cm³/mol. The summed E-state index contributed by atoms with van der Waals surface area (Å²) in [6, 6.07) is 38.4. The van der Waals surface area contributed by atoms with Crippen molar-refractivity contribution in [1.29, 1.82) is 0 Å². The van der Waals surface area contributed by atoms with E-state index in [2.05, 4.69) is 24.3 Å². The van der Waals surface area contributed by atoms with Crippen LogP contribution in [0.2, 0.25) is 0 Å². The largest absolute Gasteiger partial charge is 0.296 e. The van der Waals surface area contributed by atoms with Crippen LogP contribution in [-0.4, -0.2) is 5.91 Å². The molecule has 0 N–H and O–H groups in total. The van der Waals surface area contributed by atoms with Gasteiger partial charge < -0.3 is 0 Å². The van der Waals surface area contributed by atoms with Crippen LogP contribution in [0.1, 0.15) is 28.3 Å². The molecule has 2 nitrogen and oxygen atoms in total. The zero-order chi connectivity index (χ0) is 20.3. The zero-order valence-electron chi connectivity index (χ0n) is 16.5. The predicted octanol–water partition coefficient (Wildman–Crippen LogP) is 6.36. The molecule has 4 aromatic rings. The molecule has 5 rings (SSSR count). The molecule has 0 saturated heterocycles. The highest BCUT2D eigenvalue weighted by Gasteiger charge is 2.38. The molecule has 0 saturated carbocycles. The summed E-state index contributed by atoms with van der Waals surface area (Å²) in [5.41, 5.74) is 5.85. The number of carbonyl (C=O) groups is 1. The van der Waals surface area contributed by atoms with Gasteiger partial charge >= 0.3 is 0 Å². The van der Waals surface area contributed by atoms with Crippen molar-refractivity contribution in [3.05, 3.63) is 138 Å². The van der Waals surface area contributed by atoms with Crippen molar-refractivity contribution in [1.82, 2.24) is 0 Å². The second kappa shape index (κ2) is 7.84. The lowest BCUT2D eigenvalue weighted by Crippen LogP contribution is -2.32. The van der Waals surface area contributed by atoms with Crippen molar-refractivity contribution < 1.29 is 4.79 Å². The van der Waals surface area contributed by atoms with Crippen LogP contribution in [0, 0.1) is 0 Å². The van der Waals surface area contributed by atoms with Crippen LogP contribution in [0.15, 0.2) is 115 Å². The molecule has 0 aliphatic carbocycles. The van der Waals surface area contributed by atoms with Gasteiger partial charge in [-0.05, 0) is 28.8 Å².